The van der Waals surface area contributed by atoms with Crippen LogP contribution in [0, 0.1) is 18.3 Å². The van der Waals surface area contributed by atoms with Crippen molar-refractivity contribution in [1.29, 1.82) is 5.26 Å². The molecule has 0 N–H and O–H groups in total. The van der Waals surface area contributed by atoms with Crippen LogP contribution < -0.4 is 0 Å². The molecule has 2 rings (SSSR count). The Kier molecular flexibility index (Phi) is 4.35. The van der Waals surface area contributed by atoms with Crippen molar-refractivity contribution in [1.82, 2.24) is 0 Å². The molecule has 20 heavy (non-hydrogen) atoms. The summed E-state index contributed by atoms with van der Waals surface area (Å²) in [6.07, 6.45) is 2.87. The molecule has 0 aliphatic rings. The fourth-order valence-electron chi connectivity index (χ4n) is 1.63. The van der Waals surface area contributed by atoms with Gasteiger partial charge in [-0.05, 0) is 42.8 Å². The van der Waals surface area contributed by atoms with Crippen molar-refractivity contribution >= 4 is 12.0 Å². The zero-order valence-electron chi connectivity index (χ0n) is 11.0. The van der Waals surface area contributed by atoms with Crippen LogP contribution >= 0.6 is 0 Å². The van der Waals surface area contributed by atoms with Crippen molar-refractivity contribution in [2.75, 3.05) is 0 Å². The Bertz CT molecular complexity index is 677. The predicted octanol–water partition coefficient (Wildman–Crippen LogP) is 3.22. The fraction of sp³-hybridized carbons (Fsp3) is 0.125. The SMILES string of the molecule is Cc1ccc(/C=C/C(=O)OCc2cccc(C#N)c2)o1. The van der Waals surface area contributed by atoms with Crippen molar-refractivity contribution in [3.63, 3.8) is 0 Å². The topological polar surface area (TPSA) is 63.2 Å². The summed E-state index contributed by atoms with van der Waals surface area (Å²) in [6.45, 7) is 1.97. The first kappa shape index (κ1) is 13.6. The van der Waals surface area contributed by atoms with Gasteiger partial charge >= 0.3 is 5.97 Å². The summed E-state index contributed by atoms with van der Waals surface area (Å²) in [5.41, 5.74) is 1.32. The van der Waals surface area contributed by atoms with Gasteiger partial charge in [-0.25, -0.2) is 4.79 Å². The summed E-state index contributed by atoms with van der Waals surface area (Å²) in [7, 11) is 0. The summed E-state index contributed by atoms with van der Waals surface area (Å²) in [4.78, 5) is 11.5. The molecule has 0 fully saturated rings. The van der Waals surface area contributed by atoms with Crippen LogP contribution in [0.3, 0.4) is 0 Å². The quantitative estimate of drug-likeness (QED) is 0.630. The number of carbonyl (C=O) groups excluding carboxylic acids is 1. The van der Waals surface area contributed by atoms with Crippen LogP contribution in [-0.2, 0) is 16.1 Å². The van der Waals surface area contributed by atoms with E-state index >= 15 is 0 Å². The van der Waals surface area contributed by atoms with Crippen molar-refractivity contribution in [2.24, 2.45) is 0 Å². The first-order valence-electron chi connectivity index (χ1n) is 6.08. The Morgan fingerprint density at radius 2 is 2.25 bits per heavy atom. The molecule has 0 spiro atoms. The van der Waals surface area contributed by atoms with Crippen LogP contribution in [0.1, 0.15) is 22.6 Å². The molecule has 0 atom stereocenters. The van der Waals surface area contributed by atoms with E-state index in [-0.39, 0.29) is 6.61 Å². The third kappa shape index (κ3) is 3.85. The number of hydrogen-bond donors (Lipinski definition) is 0. The Labute approximate surface area is 116 Å². The van der Waals surface area contributed by atoms with Gasteiger partial charge in [-0.2, -0.15) is 5.26 Å². The van der Waals surface area contributed by atoms with Gasteiger partial charge in [-0.3, -0.25) is 0 Å². The van der Waals surface area contributed by atoms with E-state index in [1.807, 2.05) is 19.1 Å². The molecule has 0 radical (unpaired) electrons. The maximum atomic E-state index is 11.5. The lowest BCUT2D eigenvalue weighted by Crippen LogP contribution is -2.00. The highest BCUT2D eigenvalue weighted by atomic mass is 16.5. The van der Waals surface area contributed by atoms with Gasteiger partial charge in [0.05, 0.1) is 11.6 Å². The minimum Gasteiger partial charge on any atom is -0.462 e. The minimum absolute atomic E-state index is 0.135. The molecule has 4 heteroatoms. The lowest BCUT2D eigenvalue weighted by atomic mass is 10.1. The largest absolute Gasteiger partial charge is 0.462 e. The third-order valence-electron chi connectivity index (χ3n) is 2.58. The lowest BCUT2D eigenvalue weighted by Gasteiger charge is -2.02. The average molecular weight is 267 g/mol. The molecule has 2 aromatic rings. The highest BCUT2D eigenvalue weighted by molar-refractivity contribution is 5.86. The van der Waals surface area contributed by atoms with Crippen molar-refractivity contribution in [3.05, 3.63) is 65.1 Å². The van der Waals surface area contributed by atoms with E-state index in [1.54, 1.807) is 36.4 Å². The molecular formula is C16H13NO3. The molecule has 1 aromatic carbocycles. The molecule has 0 saturated heterocycles. The normalized spacial score (nSPS) is 10.4. The maximum Gasteiger partial charge on any atom is 0.331 e. The number of furan rings is 1. The van der Waals surface area contributed by atoms with E-state index in [9.17, 15) is 4.79 Å². The summed E-state index contributed by atoms with van der Waals surface area (Å²) in [5.74, 6) is 0.929. The highest BCUT2D eigenvalue weighted by Gasteiger charge is 2.01. The molecular weight excluding hydrogens is 254 g/mol. The molecule has 1 aromatic heterocycles. The second-order valence-electron chi connectivity index (χ2n) is 4.20. The monoisotopic (exact) mass is 267 g/mol. The van der Waals surface area contributed by atoms with Gasteiger partial charge in [0.2, 0.25) is 0 Å². The number of ether oxygens (including phenoxy) is 1. The Hall–Kier alpha value is -2.80. The third-order valence-corrected chi connectivity index (χ3v) is 2.58. The highest BCUT2D eigenvalue weighted by Crippen LogP contribution is 2.09. The first-order chi connectivity index (χ1) is 9.67. The summed E-state index contributed by atoms with van der Waals surface area (Å²) >= 11 is 0. The minimum atomic E-state index is -0.457. The van der Waals surface area contributed by atoms with Crippen molar-refractivity contribution in [3.8, 4) is 6.07 Å². The molecule has 0 amide bonds. The van der Waals surface area contributed by atoms with Crippen LogP contribution in [0.25, 0.3) is 6.08 Å². The smallest absolute Gasteiger partial charge is 0.331 e. The second-order valence-corrected chi connectivity index (χ2v) is 4.20. The maximum absolute atomic E-state index is 11.5. The summed E-state index contributed by atoms with van der Waals surface area (Å²) in [6, 6.07) is 12.6. The van der Waals surface area contributed by atoms with Crippen LogP contribution in [0.2, 0.25) is 0 Å². The van der Waals surface area contributed by atoms with E-state index in [1.165, 1.54) is 6.08 Å². The average Bonchev–Trinajstić information content (AvgIpc) is 2.89. The van der Waals surface area contributed by atoms with Gasteiger partial charge < -0.3 is 9.15 Å². The van der Waals surface area contributed by atoms with Crippen LogP contribution in [-0.4, -0.2) is 5.97 Å². The van der Waals surface area contributed by atoms with Crippen LogP contribution in [0.4, 0.5) is 0 Å². The lowest BCUT2D eigenvalue weighted by molar-refractivity contribution is -0.138. The van der Waals surface area contributed by atoms with Gasteiger partial charge in [-0.1, -0.05) is 12.1 Å². The molecule has 100 valence electrons. The number of nitrogens with zero attached hydrogens (tertiary/aromatic N) is 1. The molecule has 0 aliphatic heterocycles. The van der Waals surface area contributed by atoms with E-state index in [2.05, 4.69) is 0 Å². The van der Waals surface area contributed by atoms with E-state index < -0.39 is 5.97 Å². The van der Waals surface area contributed by atoms with Crippen LogP contribution in [0.15, 0.2) is 46.9 Å². The molecule has 4 nitrogen and oxygen atoms in total. The zero-order valence-corrected chi connectivity index (χ0v) is 11.0. The van der Waals surface area contributed by atoms with Crippen molar-refractivity contribution in [2.45, 2.75) is 13.5 Å². The van der Waals surface area contributed by atoms with Crippen molar-refractivity contribution < 1.29 is 13.9 Å². The summed E-state index contributed by atoms with van der Waals surface area (Å²) in [5, 5.41) is 8.77. The Morgan fingerprint density at radius 1 is 1.40 bits per heavy atom. The standard InChI is InChI=1S/C16H13NO3/c1-12-5-6-15(20-12)7-8-16(18)19-11-14-4-2-3-13(9-14)10-17/h2-9H,11H2,1H3/b8-7+. The van der Waals surface area contributed by atoms with Gasteiger partial charge in [-0.15, -0.1) is 0 Å². The molecule has 1 heterocycles. The van der Waals surface area contributed by atoms with E-state index in [4.69, 9.17) is 14.4 Å². The van der Waals surface area contributed by atoms with Gasteiger partial charge in [0.25, 0.3) is 0 Å². The molecule has 0 saturated carbocycles. The molecule has 0 bridgehead atoms. The number of aryl methyl sites for hydroxylation is 1. The zero-order chi connectivity index (χ0) is 14.4. The number of nitriles is 1. The van der Waals surface area contributed by atoms with Gasteiger partial charge in [0.15, 0.2) is 0 Å². The fourth-order valence-corrected chi connectivity index (χ4v) is 1.63. The summed E-state index contributed by atoms with van der Waals surface area (Å²) < 4.78 is 10.4. The number of hydrogen-bond acceptors (Lipinski definition) is 4. The number of rotatable bonds is 4. The number of carbonyl (C=O) groups is 1. The predicted molar refractivity (Wildman–Crippen MR) is 73.4 cm³/mol. The van der Waals surface area contributed by atoms with Crippen LogP contribution in [0.5, 0.6) is 0 Å². The van der Waals surface area contributed by atoms with Gasteiger partial charge in [0.1, 0.15) is 18.1 Å². The van der Waals surface area contributed by atoms with E-state index in [0.717, 1.165) is 11.3 Å². The number of esters is 1. The molecule has 0 unspecified atom stereocenters. The number of benzene rings is 1. The van der Waals surface area contributed by atoms with E-state index in [0.29, 0.717) is 11.3 Å². The molecule has 0 aliphatic carbocycles. The van der Waals surface area contributed by atoms with Gasteiger partial charge in [0, 0.05) is 6.08 Å². The first-order valence-corrected chi connectivity index (χ1v) is 6.08. The Balaban J connectivity index is 1.89. The Morgan fingerprint density at radius 3 is 2.95 bits per heavy atom. The second kappa shape index (κ2) is 6.39.